The van der Waals surface area contributed by atoms with E-state index < -0.39 is 0 Å². The number of ether oxygens (including phenoxy) is 2. The van der Waals surface area contributed by atoms with Crippen molar-refractivity contribution in [3.8, 4) is 5.75 Å². The first-order chi connectivity index (χ1) is 13.7. The van der Waals surface area contributed by atoms with E-state index in [2.05, 4.69) is 46.4 Å². The lowest BCUT2D eigenvalue weighted by molar-refractivity contribution is 0.0180. The van der Waals surface area contributed by atoms with Gasteiger partial charge in [-0.15, -0.1) is 24.0 Å². The molecule has 1 fully saturated rings. The van der Waals surface area contributed by atoms with Gasteiger partial charge in [0.15, 0.2) is 5.96 Å². The van der Waals surface area contributed by atoms with Crippen LogP contribution >= 0.6 is 24.0 Å². The molecule has 0 bridgehead atoms. The Bertz CT molecular complexity index is 777. The second-order valence-electron chi connectivity index (χ2n) is 6.84. The number of hydrogen-bond donors (Lipinski definition) is 2. The average molecular weight is 510 g/mol. The molecule has 1 unspecified atom stereocenters. The number of nitrogens with one attached hydrogen (secondary N) is 1. The van der Waals surface area contributed by atoms with Crippen LogP contribution in [0, 0.1) is 0 Å². The van der Waals surface area contributed by atoms with Crippen LogP contribution in [0.15, 0.2) is 53.5 Å². The van der Waals surface area contributed by atoms with E-state index in [9.17, 15) is 0 Å². The van der Waals surface area contributed by atoms with Gasteiger partial charge in [0.1, 0.15) is 5.75 Å². The van der Waals surface area contributed by atoms with Gasteiger partial charge in [-0.25, -0.2) is 0 Å². The van der Waals surface area contributed by atoms with Crippen LogP contribution in [0.2, 0.25) is 0 Å². The van der Waals surface area contributed by atoms with E-state index >= 15 is 0 Å². The molecule has 158 valence electrons. The molecule has 0 radical (unpaired) electrons. The Morgan fingerprint density at radius 2 is 1.93 bits per heavy atom. The lowest BCUT2D eigenvalue weighted by atomic mass is 10.0. The predicted molar refractivity (Wildman–Crippen MR) is 129 cm³/mol. The number of halogens is 1. The Kier molecular flexibility index (Phi) is 9.69. The van der Waals surface area contributed by atoms with Crippen LogP contribution in [0.3, 0.4) is 0 Å². The van der Waals surface area contributed by atoms with Crippen molar-refractivity contribution in [2.75, 3.05) is 45.3 Å². The quantitative estimate of drug-likeness (QED) is 0.338. The zero-order chi connectivity index (χ0) is 19.8. The number of morpholine rings is 1. The van der Waals surface area contributed by atoms with Gasteiger partial charge in [-0.05, 0) is 41.8 Å². The van der Waals surface area contributed by atoms with Gasteiger partial charge in [-0.2, -0.15) is 0 Å². The highest BCUT2D eigenvalue weighted by Crippen LogP contribution is 2.24. The lowest BCUT2D eigenvalue weighted by Gasteiger charge is -2.34. The number of nitrogens with two attached hydrogens (primary N) is 1. The van der Waals surface area contributed by atoms with Crippen LogP contribution < -0.4 is 15.8 Å². The minimum Gasteiger partial charge on any atom is -0.497 e. The minimum atomic E-state index is 0. The standard InChI is InChI=1S/C22H30N4O2.HI/c1-3-17-5-4-6-19(15-17)25-22(23)24-16-21(26-11-13-28-14-12-26)18-7-9-20(27-2)10-8-18;/h4-10,15,21H,3,11-14,16H2,1-2H3,(H3,23,24,25);1H. The molecule has 0 aromatic heterocycles. The lowest BCUT2D eigenvalue weighted by Crippen LogP contribution is -2.40. The van der Waals surface area contributed by atoms with Crippen LogP contribution in [0.25, 0.3) is 0 Å². The van der Waals surface area contributed by atoms with Gasteiger partial charge in [0.2, 0.25) is 0 Å². The average Bonchev–Trinajstić information content (AvgIpc) is 2.75. The molecule has 0 aliphatic carbocycles. The number of rotatable bonds is 7. The summed E-state index contributed by atoms with van der Waals surface area (Å²) in [5.74, 6) is 1.28. The topological polar surface area (TPSA) is 72.1 Å². The number of guanidine groups is 1. The highest BCUT2D eigenvalue weighted by Gasteiger charge is 2.22. The maximum absolute atomic E-state index is 6.17. The molecule has 1 aliphatic rings. The van der Waals surface area contributed by atoms with Crippen LogP contribution in [-0.2, 0) is 11.2 Å². The zero-order valence-electron chi connectivity index (χ0n) is 17.1. The van der Waals surface area contributed by atoms with Crippen molar-refractivity contribution in [3.63, 3.8) is 0 Å². The molecule has 7 heteroatoms. The molecular formula is C22H31IN4O2. The molecule has 1 heterocycles. The summed E-state index contributed by atoms with van der Waals surface area (Å²) < 4.78 is 10.8. The summed E-state index contributed by atoms with van der Waals surface area (Å²) in [7, 11) is 1.68. The number of benzene rings is 2. The molecule has 0 amide bonds. The normalized spacial score (nSPS) is 16.0. The van der Waals surface area contributed by atoms with Crippen molar-refractivity contribution in [1.29, 1.82) is 0 Å². The highest BCUT2D eigenvalue weighted by molar-refractivity contribution is 14.0. The van der Waals surface area contributed by atoms with Crippen LogP contribution in [-0.4, -0.2) is 50.8 Å². The maximum Gasteiger partial charge on any atom is 0.193 e. The first-order valence-corrected chi connectivity index (χ1v) is 9.81. The molecule has 2 aromatic carbocycles. The molecule has 0 saturated carbocycles. The number of aryl methyl sites for hydroxylation is 1. The number of nitrogens with zero attached hydrogens (tertiary/aromatic N) is 2. The van der Waals surface area contributed by atoms with E-state index in [0.29, 0.717) is 12.5 Å². The zero-order valence-corrected chi connectivity index (χ0v) is 19.5. The Hall–Kier alpha value is -1.84. The van der Waals surface area contributed by atoms with Crippen molar-refractivity contribution in [2.45, 2.75) is 19.4 Å². The summed E-state index contributed by atoms with van der Waals surface area (Å²) in [6, 6.07) is 16.6. The largest absolute Gasteiger partial charge is 0.497 e. The second kappa shape index (κ2) is 12.0. The van der Waals surface area contributed by atoms with E-state index in [1.165, 1.54) is 11.1 Å². The van der Waals surface area contributed by atoms with Crippen molar-refractivity contribution < 1.29 is 9.47 Å². The summed E-state index contributed by atoms with van der Waals surface area (Å²) in [6.45, 7) is 5.98. The summed E-state index contributed by atoms with van der Waals surface area (Å²) in [6.07, 6.45) is 0.989. The Labute approximate surface area is 190 Å². The Morgan fingerprint density at radius 3 is 2.59 bits per heavy atom. The fraction of sp³-hybridized carbons (Fsp3) is 0.409. The molecule has 1 aliphatic heterocycles. The predicted octanol–water partition coefficient (Wildman–Crippen LogP) is 3.68. The first kappa shape index (κ1) is 23.4. The number of methoxy groups -OCH3 is 1. The van der Waals surface area contributed by atoms with E-state index in [1.54, 1.807) is 7.11 Å². The summed E-state index contributed by atoms with van der Waals surface area (Å²) in [5, 5.41) is 3.21. The molecule has 6 nitrogen and oxygen atoms in total. The van der Waals surface area contributed by atoms with Crippen molar-refractivity contribution in [3.05, 3.63) is 59.7 Å². The monoisotopic (exact) mass is 510 g/mol. The van der Waals surface area contributed by atoms with Gasteiger partial charge >= 0.3 is 0 Å². The van der Waals surface area contributed by atoms with Gasteiger partial charge in [0.25, 0.3) is 0 Å². The number of hydrogen-bond acceptors (Lipinski definition) is 4. The molecule has 3 rings (SSSR count). The van der Waals surface area contributed by atoms with E-state index in [-0.39, 0.29) is 30.0 Å². The summed E-state index contributed by atoms with van der Waals surface area (Å²) >= 11 is 0. The third-order valence-electron chi connectivity index (χ3n) is 5.03. The Balaban J connectivity index is 0.00000300. The maximum atomic E-state index is 6.17. The van der Waals surface area contributed by atoms with Gasteiger partial charge in [0.05, 0.1) is 32.9 Å². The van der Waals surface area contributed by atoms with E-state index in [1.807, 2.05) is 24.3 Å². The van der Waals surface area contributed by atoms with Crippen LogP contribution in [0.4, 0.5) is 5.69 Å². The third kappa shape index (κ3) is 6.87. The third-order valence-corrected chi connectivity index (χ3v) is 5.03. The van der Waals surface area contributed by atoms with Gasteiger partial charge in [-0.3, -0.25) is 9.89 Å². The van der Waals surface area contributed by atoms with Crippen molar-refractivity contribution >= 4 is 35.6 Å². The summed E-state index contributed by atoms with van der Waals surface area (Å²) in [5.41, 5.74) is 9.61. The molecule has 1 saturated heterocycles. The number of anilines is 1. The number of aliphatic imine (C=N–C) groups is 1. The fourth-order valence-corrected chi connectivity index (χ4v) is 3.39. The summed E-state index contributed by atoms with van der Waals surface area (Å²) in [4.78, 5) is 7.04. The van der Waals surface area contributed by atoms with Gasteiger partial charge in [0, 0.05) is 18.8 Å². The minimum absolute atomic E-state index is 0. The molecule has 29 heavy (non-hydrogen) atoms. The second-order valence-corrected chi connectivity index (χ2v) is 6.84. The van der Waals surface area contributed by atoms with E-state index in [4.69, 9.17) is 15.2 Å². The molecule has 1 atom stereocenters. The molecule has 2 aromatic rings. The molecular weight excluding hydrogens is 479 g/mol. The molecule has 3 N–H and O–H groups in total. The van der Waals surface area contributed by atoms with Crippen LogP contribution in [0.1, 0.15) is 24.1 Å². The van der Waals surface area contributed by atoms with Crippen LogP contribution in [0.5, 0.6) is 5.75 Å². The molecule has 0 spiro atoms. The van der Waals surface area contributed by atoms with Crippen molar-refractivity contribution in [1.82, 2.24) is 4.90 Å². The highest BCUT2D eigenvalue weighted by atomic mass is 127. The van der Waals surface area contributed by atoms with Gasteiger partial charge in [-0.1, -0.05) is 31.2 Å². The fourth-order valence-electron chi connectivity index (χ4n) is 3.39. The smallest absolute Gasteiger partial charge is 0.193 e. The van der Waals surface area contributed by atoms with Gasteiger partial charge < -0.3 is 20.5 Å². The Morgan fingerprint density at radius 1 is 1.21 bits per heavy atom. The first-order valence-electron chi connectivity index (χ1n) is 9.81. The van der Waals surface area contributed by atoms with Crippen molar-refractivity contribution in [2.24, 2.45) is 10.7 Å². The van der Waals surface area contributed by atoms with E-state index in [0.717, 1.165) is 44.2 Å². The SMILES string of the molecule is CCc1cccc(NC(N)=NCC(c2ccc(OC)cc2)N2CCOCC2)c1.I.